The molecule has 0 aromatic carbocycles. The first-order valence-electron chi connectivity index (χ1n) is 44.8. The van der Waals surface area contributed by atoms with Crippen molar-refractivity contribution < 1.29 is 116 Å². The molecule has 0 radical (unpaired) electrons. The second kappa shape index (κ2) is 48.8. The monoisotopic (exact) mass is 1820 g/mol. The van der Waals surface area contributed by atoms with Crippen molar-refractivity contribution >= 4 is 71.6 Å². The predicted molar refractivity (Wildman–Crippen MR) is 454 cm³/mol. The van der Waals surface area contributed by atoms with E-state index in [2.05, 4.69) is 79.2 Å². The Morgan fingerprint density at radius 2 is 0.664 bits per heavy atom. The smallest absolute Gasteiger partial charge is 0.314 e. The number of fused-ring (bicyclic) bond motifs is 12. The van der Waals surface area contributed by atoms with E-state index in [-0.39, 0.29) is 129 Å². The predicted octanol–water partition coefficient (Wildman–Crippen LogP) is 0.511. The zero-order chi connectivity index (χ0) is 89.8. The molecule has 17 fully saturated rings. The lowest BCUT2D eigenvalue weighted by Gasteiger charge is -2.35. The Morgan fingerprint density at radius 1 is 0.352 bits per heavy atom. The van der Waals surface area contributed by atoms with Crippen molar-refractivity contribution in [1.82, 2.24) is 118 Å². The maximum Gasteiger partial charge on any atom is 0.345 e. The van der Waals surface area contributed by atoms with E-state index in [9.17, 15) is 57.5 Å². The van der Waals surface area contributed by atoms with Crippen LogP contribution in [-0.4, -0.2) is 425 Å². The molecule has 0 spiro atoms. The summed E-state index contributed by atoms with van der Waals surface area (Å²) in [5.41, 5.74) is 15.0. The average Bonchev–Trinajstić information content (AvgIpc) is 1.66. The summed E-state index contributed by atoms with van der Waals surface area (Å²) in [5, 5.41) is 14.5. The van der Waals surface area contributed by atoms with E-state index >= 15 is 0 Å². The van der Waals surface area contributed by atoms with Gasteiger partial charge in [0.25, 0.3) is 35.4 Å². The summed E-state index contributed by atoms with van der Waals surface area (Å²) in [4.78, 5) is 224. The second-order valence-corrected chi connectivity index (χ2v) is 34.9. The number of hydrogen-bond acceptors (Lipinski definition) is 29. The van der Waals surface area contributed by atoms with Crippen LogP contribution < -0.4 is 43.5 Å². The Hall–Kier alpha value is -8.24. The number of carbonyl (C=O) groups is 12. The van der Waals surface area contributed by atoms with E-state index in [1.54, 1.807) is 29.4 Å². The molecule has 17 aliphatic rings. The van der Waals surface area contributed by atoms with E-state index in [0.717, 1.165) is 136 Å². The van der Waals surface area contributed by atoms with Gasteiger partial charge in [0.2, 0.25) is 0 Å². The third-order valence-electron chi connectivity index (χ3n) is 26.8. The van der Waals surface area contributed by atoms with Crippen LogP contribution in [0.5, 0.6) is 0 Å². The molecule has 0 saturated carbocycles. The van der Waals surface area contributed by atoms with E-state index in [0.29, 0.717) is 135 Å². The van der Waals surface area contributed by atoms with Crippen LogP contribution >= 0.6 is 0 Å². The minimum absolute atomic E-state index is 0. The summed E-state index contributed by atoms with van der Waals surface area (Å²) < 4.78 is 0. The molecule has 17 saturated heterocycles. The molecule has 0 aromatic heterocycles. The molecule has 18 amide bonds. The van der Waals surface area contributed by atoms with Crippen LogP contribution in [0.25, 0.3) is 0 Å². The van der Waals surface area contributed by atoms with Gasteiger partial charge in [-0.05, 0) is 169 Å². The van der Waals surface area contributed by atoms with Crippen molar-refractivity contribution in [3.63, 3.8) is 0 Å². The number of piperidine rings is 7. The Kier molecular flexibility index (Phi) is 38.8. The minimum atomic E-state index is -0.469. The fourth-order valence-corrected chi connectivity index (χ4v) is 19.5. The molecule has 0 unspecified atom stereocenters. The van der Waals surface area contributed by atoms with Crippen LogP contribution in [-0.2, 0) is 86.8 Å². The standard InChI is InChI=1S/C15H26N4O4.C14H24N4O4.C13H22N4O4.C13H23N3O4.2C12H20N4O4.2CH4/c1-17-8-4-3-5-12(17)10-23-16-14(20)13-7-6-11-9-18(13)15(21)19(11)22-2;1-16-7-3-4-11(16)9-22-15-13(19)12-6-5-10-8-17(12)14(20)18(10)21-2;1-15-5-9(6-15)8-21-14-12(18)11-4-3-10-7-16(11)13(19)17(10)20-2;1-3-4-5-8-20-14-12(17)11-7-6-10-9-15(11)13(18)16(10)19-2;1-19-16-9-2-3-10(15(6-9)12(16)18)11(17)14-20-7-8-4-5-13-8;1-19-16-8-2-3-10(15(7-8)12(16)18)11(17)14-20-9-4-5-13-6-9;;/h11-13H,3-10H2,1-2H3,(H,16,20);10-12H,3-9H2,1-2H3,(H,15,19);9-11H,3-8H2,1-2H3,(H,14,18);10-11H,3-9H2,1-2H3,(H,14,17);2*8-10,13H,2-7H2,1H3,(H,14,17);2*1H4/t11-,12+,13+;10-,11-,12+;2*10-,11+;8-,9+,10-;8-,9+,10+;;/m111101../s1. The molecular weight excluding hydrogens is 1680 g/mol. The lowest BCUT2D eigenvalue weighted by atomic mass is 10.0. The first-order valence-corrected chi connectivity index (χ1v) is 44.8. The highest BCUT2D eigenvalue weighted by Gasteiger charge is 2.54. The van der Waals surface area contributed by atoms with Gasteiger partial charge in [-0.25, -0.2) is 61.6 Å². The van der Waals surface area contributed by atoms with Gasteiger partial charge in [0.05, 0.1) is 118 Å². The summed E-state index contributed by atoms with van der Waals surface area (Å²) >= 11 is 0. The number of amides is 18. The Balaban J connectivity index is 0.000000160. The van der Waals surface area contributed by atoms with Gasteiger partial charge in [0, 0.05) is 82.9 Å². The van der Waals surface area contributed by atoms with E-state index in [4.69, 9.17) is 58.1 Å². The first-order chi connectivity index (χ1) is 60.9. The van der Waals surface area contributed by atoms with Crippen LogP contribution in [0.1, 0.15) is 163 Å². The van der Waals surface area contributed by atoms with E-state index < -0.39 is 36.3 Å². The molecule has 12 bridgehead atoms. The molecular formula is C81H143N23O24. The van der Waals surface area contributed by atoms with Crippen molar-refractivity contribution in [2.45, 2.75) is 260 Å². The van der Waals surface area contributed by atoms with Crippen LogP contribution in [0.2, 0.25) is 0 Å². The summed E-state index contributed by atoms with van der Waals surface area (Å²) in [7, 11) is 15.1. The van der Waals surface area contributed by atoms with Gasteiger partial charge < -0.3 is 54.7 Å². The Morgan fingerprint density at radius 3 is 0.953 bits per heavy atom. The fraction of sp³-hybridized carbons (Fsp3) is 0.852. The topological polar surface area (TPSA) is 460 Å². The number of nitrogens with zero attached hydrogens (tertiary/aromatic N) is 15. The Bertz CT molecular complexity index is 3680. The third-order valence-corrected chi connectivity index (χ3v) is 26.8. The highest BCUT2D eigenvalue weighted by atomic mass is 16.7. The third kappa shape index (κ3) is 24.5. The summed E-state index contributed by atoms with van der Waals surface area (Å²) in [6.45, 7) is 14.6. The number of urea groups is 6. The SMILES string of the molecule is C.C.CCCCCONC(=O)[C@@H]1CC[C@@H]2CN1C(=O)N2OC.CON1C(=O)N2C[C@H]1CC[C@H]2C(=O)NOCC1CN(C)C1.CON1C(=O)N2C[C@H]1CC[C@H]2C(=O)NOC[C@@H]1CCCCN1C.CON1C(=O)N2C[C@H]1CC[C@H]2C(=O)NOC[C@@H]1CCN1.CON1C(=O)N2C[C@H]1CC[C@H]2C(=O)NOC[C@H]1CCCN1C.CON1C(=O)N2C[C@H]1CC[C@H]2C(=O)NO[C@H]1CCNC1. The van der Waals surface area contributed by atoms with Crippen LogP contribution in [0, 0.1) is 5.92 Å². The van der Waals surface area contributed by atoms with Gasteiger partial charge in [-0.1, -0.05) is 41.0 Å². The zero-order valence-corrected chi connectivity index (χ0v) is 74.6. The van der Waals surface area contributed by atoms with Gasteiger partial charge in [-0.2, -0.15) is 30.4 Å². The summed E-state index contributed by atoms with van der Waals surface area (Å²) in [5.74, 6) is -1.00. The molecule has 17 heterocycles. The zero-order valence-electron chi connectivity index (χ0n) is 74.6. The maximum absolute atomic E-state index is 12.3. The number of carbonyl (C=O) groups excluding carboxylic acids is 12. The van der Waals surface area contributed by atoms with Crippen LogP contribution in [0.3, 0.4) is 0 Å². The summed E-state index contributed by atoms with van der Waals surface area (Å²) in [6.07, 6.45) is 19.2. The minimum Gasteiger partial charge on any atom is -0.314 e. The number of likely N-dealkylation sites (tertiary alicyclic amines) is 3. The van der Waals surface area contributed by atoms with Crippen LogP contribution in [0.15, 0.2) is 0 Å². The normalized spacial score (nSPS) is 30.1. The van der Waals surface area contributed by atoms with Gasteiger partial charge in [-0.15, -0.1) is 0 Å². The molecule has 47 nitrogen and oxygen atoms in total. The average molecular weight is 1820 g/mol. The highest BCUT2D eigenvalue weighted by molar-refractivity contribution is 5.92. The van der Waals surface area contributed by atoms with E-state index in [1.165, 1.54) is 85.9 Å². The van der Waals surface area contributed by atoms with Crippen molar-refractivity contribution in [2.75, 3.05) is 182 Å². The molecule has 17 rings (SSSR count). The van der Waals surface area contributed by atoms with Crippen molar-refractivity contribution in [1.29, 1.82) is 0 Å². The Labute approximate surface area is 749 Å². The van der Waals surface area contributed by atoms with Crippen molar-refractivity contribution in [3.8, 4) is 0 Å². The molecule has 0 aromatic rings. The number of unbranched alkanes of at least 4 members (excludes halogenated alkanes) is 2. The van der Waals surface area contributed by atoms with Crippen molar-refractivity contribution in [2.24, 2.45) is 5.92 Å². The number of hydroxylamine groups is 18. The largest absolute Gasteiger partial charge is 0.345 e. The molecule has 8 N–H and O–H groups in total. The quantitative estimate of drug-likeness (QED) is 0.0346. The van der Waals surface area contributed by atoms with E-state index in [1.807, 2.05) is 7.05 Å². The van der Waals surface area contributed by atoms with Gasteiger partial charge in [-0.3, -0.25) is 86.8 Å². The van der Waals surface area contributed by atoms with Crippen molar-refractivity contribution in [3.05, 3.63) is 0 Å². The van der Waals surface area contributed by atoms with Gasteiger partial charge >= 0.3 is 36.2 Å². The second-order valence-electron chi connectivity index (χ2n) is 34.9. The molecule has 47 heteroatoms. The molecule has 16 atom stereocenters. The van der Waals surface area contributed by atoms with Gasteiger partial charge in [0.15, 0.2) is 0 Å². The molecule has 17 aliphatic heterocycles. The fourth-order valence-electron chi connectivity index (χ4n) is 19.5. The first kappa shape index (κ1) is 102. The molecule has 128 heavy (non-hydrogen) atoms. The number of nitrogens with one attached hydrogen (secondary N) is 8. The summed E-state index contributed by atoms with van der Waals surface area (Å²) in [6, 6.07) is -2.86. The number of likely N-dealkylation sites (N-methyl/N-ethyl adjacent to an activating group) is 2. The lowest BCUT2D eigenvalue weighted by molar-refractivity contribution is -0.143. The number of hydrogen-bond donors (Lipinski definition) is 8. The number of rotatable bonds is 31. The molecule has 726 valence electrons. The maximum atomic E-state index is 12.3. The lowest BCUT2D eigenvalue weighted by Crippen LogP contribution is -2.51. The van der Waals surface area contributed by atoms with Gasteiger partial charge in [0.1, 0.15) is 36.3 Å². The van der Waals surface area contributed by atoms with Crippen LogP contribution in [0.4, 0.5) is 28.8 Å². The molecule has 0 aliphatic carbocycles. The highest BCUT2D eigenvalue weighted by Crippen LogP contribution is 2.36.